The zero-order valence-electron chi connectivity index (χ0n) is 10.4. The Hall–Kier alpha value is -1.22. The third-order valence-electron chi connectivity index (χ3n) is 3.72. The highest BCUT2D eigenvalue weighted by Crippen LogP contribution is 2.43. The summed E-state index contributed by atoms with van der Waals surface area (Å²) < 4.78 is 5.11. The van der Waals surface area contributed by atoms with Crippen molar-refractivity contribution in [2.75, 3.05) is 7.11 Å². The second-order valence-corrected chi connectivity index (χ2v) is 5.19. The maximum Gasteiger partial charge on any atom is 0.303 e. The lowest BCUT2D eigenvalue weighted by molar-refractivity contribution is -0.138. The van der Waals surface area contributed by atoms with Crippen molar-refractivity contribution in [2.45, 2.75) is 31.6 Å². The summed E-state index contributed by atoms with van der Waals surface area (Å²) in [5, 5.41) is 9.64. The van der Waals surface area contributed by atoms with Gasteiger partial charge in [-0.15, -0.1) is 0 Å². The quantitative estimate of drug-likeness (QED) is 0.886. The fourth-order valence-electron chi connectivity index (χ4n) is 2.50. The topological polar surface area (TPSA) is 46.5 Å². The van der Waals surface area contributed by atoms with E-state index in [-0.39, 0.29) is 12.3 Å². The van der Waals surface area contributed by atoms with Gasteiger partial charge in [-0.05, 0) is 42.4 Å². The summed E-state index contributed by atoms with van der Waals surface area (Å²) in [4.78, 5) is 11.0. The summed E-state index contributed by atoms with van der Waals surface area (Å²) in [5.41, 5.74) is 0.935. The molecule has 0 aliphatic heterocycles. The molecule has 4 heteroatoms. The number of carboxylic acid groups (broad SMARTS) is 1. The van der Waals surface area contributed by atoms with Gasteiger partial charge in [0.1, 0.15) is 5.75 Å². The molecule has 1 aliphatic carbocycles. The van der Waals surface area contributed by atoms with Crippen molar-refractivity contribution in [3.05, 3.63) is 28.8 Å². The van der Waals surface area contributed by atoms with Gasteiger partial charge in [-0.1, -0.05) is 24.1 Å². The van der Waals surface area contributed by atoms with Crippen LogP contribution in [-0.2, 0) is 4.79 Å². The van der Waals surface area contributed by atoms with E-state index in [4.69, 9.17) is 21.4 Å². The van der Waals surface area contributed by atoms with E-state index in [1.165, 1.54) is 6.42 Å². The molecular formula is C14H17ClO3. The molecular weight excluding hydrogens is 252 g/mol. The van der Waals surface area contributed by atoms with Crippen LogP contribution in [0, 0.1) is 5.92 Å². The van der Waals surface area contributed by atoms with Crippen molar-refractivity contribution in [3.8, 4) is 5.75 Å². The smallest absolute Gasteiger partial charge is 0.303 e. The highest BCUT2D eigenvalue weighted by atomic mass is 35.5. The number of ether oxygens (including phenoxy) is 1. The Morgan fingerprint density at radius 1 is 1.56 bits per heavy atom. The van der Waals surface area contributed by atoms with E-state index in [2.05, 4.69) is 0 Å². The molecule has 3 nitrogen and oxygen atoms in total. The Bertz CT molecular complexity index is 441. The van der Waals surface area contributed by atoms with Crippen LogP contribution in [0.25, 0.3) is 0 Å². The molecule has 1 N–H and O–H groups in total. The van der Waals surface area contributed by atoms with E-state index in [1.807, 2.05) is 12.1 Å². The van der Waals surface area contributed by atoms with Crippen LogP contribution in [0.4, 0.5) is 0 Å². The average molecular weight is 269 g/mol. The number of hydrogen-bond acceptors (Lipinski definition) is 2. The zero-order chi connectivity index (χ0) is 13.1. The van der Waals surface area contributed by atoms with Gasteiger partial charge in [-0.2, -0.15) is 0 Å². The largest absolute Gasteiger partial charge is 0.497 e. The first-order valence-corrected chi connectivity index (χ1v) is 6.55. The molecule has 18 heavy (non-hydrogen) atoms. The van der Waals surface area contributed by atoms with Crippen molar-refractivity contribution >= 4 is 17.6 Å². The minimum atomic E-state index is -0.765. The SMILES string of the molecule is COc1ccc(C(CC(=O)O)C2CCC2)c(Cl)c1. The predicted molar refractivity (Wildman–Crippen MR) is 70.3 cm³/mol. The molecule has 1 saturated carbocycles. The molecule has 1 unspecified atom stereocenters. The first-order valence-electron chi connectivity index (χ1n) is 6.17. The normalized spacial score (nSPS) is 17.0. The molecule has 0 radical (unpaired) electrons. The van der Waals surface area contributed by atoms with E-state index in [0.717, 1.165) is 18.4 Å². The summed E-state index contributed by atoms with van der Waals surface area (Å²) in [6.45, 7) is 0. The van der Waals surface area contributed by atoms with Crippen LogP contribution in [0.2, 0.25) is 5.02 Å². The molecule has 1 atom stereocenters. The van der Waals surface area contributed by atoms with Crippen LogP contribution in [0.3, 0.4) is 0 Å². The highest BCUT2D eigenvalue weighted by Gasteiger charge is 2.31. The molecule has 1 aromatic rings. The Kier molecular flexibility index (Phi) is 4.12. The fourth-order valence-corrected chi connectivity index (χ4v) is 2.81. The predicted octanol–water partition coefficient (Wildman–Crippen LogP) is 3.71. The highest BCUT2D eigenvalue weighted by molar-refractivity contribution is 6.31. The Morgan fingerprint density at radius 3 is 2.72 bits per heavy atom. The van der Waals surface area contributed by atoms with E-state index in [9.17, 15) is 4.79 Å². The number of methoxy groups -OCH3 is 1. The molecule has 0 bridgehead atoms. The average Bonchev–Trinajstić information content (AvgIpc) is 2.25. The summed E-state index contributed by atoms with van der Waals surface area (Å²) >= 11 is 6.24. The first kappa shape index (κ1) is 13.2. The maximum atomic E-state index is 11.0. The minimum absolute atomic E-state index is 0.0228. The molecule has 0 aromatic heterocycles. The van der Waals surface area contributed by atoms with Crippen molar-refractivity contribution in [1.82, 2.24) is 0 Å². The van der Waals surface area contributed by atoms with Gasteiger partial charge in [0, 0.05) is 5.02 Å². The number of carbonyl (C=O) groups is 1. The third kappa shape index (κ3) is 2.78. The van der Waals surface area contributed by atoms with E-state index in [0.29, 0.717) is 16.7 Å². The van der Waals surface area contributed by atoms with Crippen molar-refractivity contribution in [1.29, 1.82) is 0 Å². The second-order valence-electron chi connectivity index (χ2n) is 4.78. The van der Waals surface area contributed by atoms with E-state index < -0.39 is 5.97 Å². The molecule has 1 aromatic carbocycles. The molecule has 98 valence electrons. The Labute approximate surface area is 112 Å². The van der Waals surface area contributed by atoms with Crippen LogP contribution < -0.4 is 4.74 Å². The standard InChI is InChI=1S/C14H17ClO3/c1-18-10-5-6-11(13(15)7-10)12(8-14(16)17)9-3-2-4-9/h5-7,9,12H,2-4,8H2,1H3,(H,16,17). The fraction of sp³-hybridized carbons (Fsp3) is 0.500. The maximum absolute atomic E-state index is 11.0. The zero-order valence-corrected chi connectivity index (χ0v) is 11.1. The van der Waals surface area contributed by atoms with Gasteiger partial charge >= 0.3 is 5.97 Å². The van der Waals surface area contributed by atoms with E-state index in [1.54, 1.807) is 13.2 Å². The molecule has 2 rings (SSSR count). The van der Waals surface area contributed by atoms with Gasteiger partial charge in [0.15, 0.2) is 0 Å². The lowest BCUT2D eigenvalue weighted by Crippen LogP contribution is -2.23. The number of benzene rings is 1. The summed E-state index contributed by atoms with van der Waals surface area (Å²) in [5.74, 6) is 0.409. The van der Waals surface area contributed by atoms with Crippen LogP contribution >= 0.6 is 11.6 Å². The second kappa shape index (κ2) is 5.61. The van der Waals surface area contributed by atoms with Crippen LogP contribution in [0.1, 0.15) is 37.2 Å². The van der Waals surface area contributed by atoms with Gasteiger partial charge in [0.25, 0.3) is 0 Å². The number of hydrogen-bond donors (Lipinski definition) is 1. The molecule has 0 amide bonds. The number of carboxylic acids is 1. The molecule has 0 spiro atoms. The lowest BCUT2D eigenvalue weighted by Gasteiger charge is -2.33. The monoisotopic (exact) mass is 268 g/mol. The van der Waals surface area contributed by atoms with Gasteiger partial charge in [0.2, 0.25) is 0 Å². The third-order valence-corrected chi connectivity index (χ3v) is 4.05. The van der Waals surface area contributed by atoms with Gasteiger partial charge in [0.05, 0.1) is 13.5 Å². The summed E-state index contributed by atoms with van der Waals surface area (Å²) in [7, 11) is 1.59. The summed E-state index contributed by atoms with van der Waals surface area (Å²) in [6, 6.07) is 5.49. The number of aliphatic carboxylic acids is 1. The number of rotatable bonds is 5. The lowest BCUT2D eigenvalue weighted by atomic mass is 9.71. The van der Waals surface area contributed by atoms with Crippen molar-refractivity contribution in [2.24, 2.45) is 5.92 Å². The van der Waals surface area contributed by atoms with Crippen LogP contribution in [-0.4, -0.2) is 18.2 Å². The first-order chi connectivity index (χ1) is 8.61. The van der Waals surface area contributed by atoms with Crippen LogP contribution in [0.15, 0.2) is 18.2 Å². The van der Waals surface area contributed by atoms with Crippen molar-refractivity contribution in [3.63, 3.8) is 0 Å². The summed E-state index contributed by atoms with van der Waals surface area (Å²) in [6.07, 6.45) is 3.53. The Morgan fingerprint density at radius 2 is 2.28 bits per heavy atom. The molecule has 1 fully saturated rings. The molecule has 0 saturated heterocycles. The van der Waals surface area contributed by atoms with Gasteiger partial charge in [-0.25, -0.2) is 0 Å². The van der Waals surface area contributed by atoms with E-state index >= 15 is 0 Å². The minimum Gasteiger partial charge on any atom is -0.497 e. The van der Waals surface area contributed by atoms with Crippen LogP contribution in [0.5, 0.6) is 5.75 Å². The number of halogens is 1. The molecule has 1 aliphatic rings. The Balaban J connectivity index is 2.26. The molecule has 0 heterocycles. The van der Waals surface area contributed by atoms with Crippen molar-refractivity contribution < 1.29 is 14.6 Å². The van der Waals surface area contributed by atoms with Gasteiger partial charge < -0.3 is 9.84 Å². The van der Waals surface area contributed by atoms with Gasteiger partial charge in [-0.3, -0.25) is 4.79 Å².